The predicted molar refractivity (Wildman–Crippen MR) is 119 cm³/mol. The molecule has 3 aliphatic rings. The van der Waals surface area contributed by atoms with Gasteiger partial charge in [0, 0.05) is 43.8 Å². The highest BCUT2D eigenvalue weighted by molar-refractivity contribution is 7.98. The molecule has 0 radical (unpaired) electrons. The zero-order valence-corrected chi connectivity index (χ0v) is 18.9. The van der Waals surface area contributed by atoms with Gasteiger partial charge in [-0.1, -0.05) is 24.2 Å². The van der Waals surface area contributed by atoms with Crippen LogP contribution in [-0.2, 0) is 33.8 Å². The molecule has 1 unspecified atom stereocenters. The zero-order chi connectivity index (χ0) is 21.5. The van der Waals surface area contributed by atoms with Crippen molar-refractivity contribution >= 4 is 23.4 Å². The van der Waals surface area contributed by atoms with E-state index in [0.29, 0.717) is 38.6 Å². The van der Waals surface area contributed by atoms with Gasteiger partial charge in [0.1, 0.15) is 17.2 Å². The number of ether oxygens (including phenoxy) is 3. The molecule has 2 aromatic rings. The highest BCUT2D eigenvalue weighted by Crippen LogP contribution is 2.50. The quantitative estimate of drug-likeness (QED) is 0.565. The van der Waals surface area contributed by atoms with Crippen LogP contribution in [0, 0.1) is 0 Å². The van der Waals surface area contributed by atoms with Crippen LogP contribution in [-0.4, -0.2) is 52.9 Å². The Morgan fingerprint density at radius 1 is 1.16 bits per heavy atom. The number of aromatic nitrogens is 3. The minimum absolute atomic E-state index is 0.445. The Morgan fingerprint density at radius 2 is 1.97 bits per heavy atom. The Labute approximate surface area is 186 Å². The first-order valence-corrected chi connectivity index (χ1v) is 12.0. The van der Waals surface area contributed by atoms with Crippen LogP contribution in [0.1, 0.15) is 42.5 Å². The lowest BCUT2D eigenvalue weighted by Gasteiger charge is -2.51. The van der Waals surface area contributed by atoms with Crippen molar-refractivity contribution in [1.82, 2.24) is 15.0 Å². The second kappa shape index (κ2) is 8.20. The van der Waals surface area contributed by atoms with Crippen LogP contribution < -0.4 is 10.6 Å². The lowest BCUT2D eigenvalue weighted by molar-refractivity contribution is -0.308. The summed E-state index contributed by atoms with van der Waals surface area (Å²) in [4.78, 5) is 16.0. The van der Waals surface area contributed by atoms with E-state index < -0.39 is 11.4 Å². The van der Waals surface area contributed by atoms with Gasteiger partial charge in [0.05, 0.1) is 25.5 Å². The van der Waals surface area contributed by atoms with Crippen molar-refractivity contribution in [2.24, 2.45) is 0 Å². The molecule has 1 aliphatic carbocycles. The molecule has 4 heterocycles. The van der Waals surface area contributed by atoms with Gasteiger partial charge in [-0.15, -0.1) is 0 Å². The van der Waals surface area contributed by atoms with Crippen molar-refractivity contribution in [3.63, 3.8) is 0 Å². The summed E-state index contributed by atoms with van der Waals surface area (Å²) in [5.74, 6) is 0.770. The fraction of sp³-hybridized carbons (Fsp3) is 0.591. The van der Waals surface area contributed by atoms with Crippen LogP contribution in [0.25, 0.3) is 0 Å². The summed E-state index contributed by atoms with van der Waals surface area (Å²) in [5, 5.41) is 0.759. The average Bonchev–Trinajstić information content (AvgIpc) is 3.26. The molecule has 9 heteroatoms. The van der Waals surface area contributed by atoms with Gasteiger partial charge >= 0.3 is 0 Å². The van der Waals surface area contributed by atoms with Crippen LogP contribution in [0.4, 0.5) is 11.6 Å². The summed E-state index contributed by atoms with van der Waals surface area (Å²) in [6.45, 7) is 2.30. The van der Waals surface area contributed by atoms with E-state index in [2.05, 4.69) is 9.88 Å². The maximum absolute atomic E-state index is 6.61. The molecular weight excluding hydrogens is 414 g/mol. The Balaban J connectivity index is 1.50. The highest BCUT2D eigenvalue weighted by Gasteiger charge is 2.59. The first-order chi connectivity index (χ1) is 15.1. The van der Waals surface area contributed by atoms with Gasteiger partial charge in [-0.05, 0) is 25.2 Å². The first-order valence-electron chi connectivity index (χ1n) is 10.8. The SMILES string of the molecule is CSc1nc2c(c(N(C)Cc3cccnc3N)n1)COC1(CCCCC13OCCO3)C2. The average molecular weight is 444 g/mol. The van der Waals surface area contributed by atoms with Crippen LogP contribution in [0.15, 0.2) is 23.5 Å². The third-order valence-electron chi connectivity index (χ3n) is 6.66. The van der Waals surface area contributed by atoms with Crippen molar-refractivity contribution in [3.8, 4) is 0 Å². The summed E-state index contributed by atoms with van der Waals surface area (Å²) in [6, 6.07) is 3.90. The number of nitrogens with two attached hydrogens (primary N) is 1. The number of hydrogen-bond donors (Lipinski definition) is 1. The van der Waals surface area contributed by atoms with Crippen LogP contribution in [0.3, 0.4) is 0 Å². The van der Waals surface area contributed by atoms with E-state index in [-0.39, 0.29) is 0 Å². The Kier molecular flexibility index (Phi) is 5.54. The van der Waals surface area contributed by atoms with Gasteiger partial charge in [-0.3, -0.25) is 0 Å². The number of nitrogens with zero attached hydrogens (tertiary/aromatic N) is 4. The molecule has 31 heavy (non-hydrogen) atoms. The maximum atomic E-state index is 6.61. The molecule has 8 nitrogen and oxygen atoms in total. The molecule has 2 spiro atoms. The molecule has 0 aromatic carbocycles. The normalized spacial score (nSPS) is 24.5. The van der Waals surface area contributed by atoms with Crippen LogP contribution >= 0.6 is 11.8 Å². The van der Waals surface area contributed by atoms with E-state index in [9.17, 15) is 0 Å². The monoisotopic (exact) mass is 443 g/mol. The van der Waals surface area contributed by atoms with E-state index in [4.69, 9.17) is 29.9 Å². The highest BCUT2D eigenvalue weighted by atomic mass is 32.2. The van der Waals surface area contributed by atoms with Crippen molar-refractivity contribution in [2.45, 2.75) is 61.8 Å². The molecule has 2 aromatic heterocycles. The first kappa shape index (κ1) is 20.9. The Hall–Kier alpha value is -1.94. The second-order valence-electron chi connectivity index (χ2n) is 8.48. The number of pyridine rings is 1. The number of anilines is 2. The van der Waals surface area contributed by atoms with E-state index in [1.807, 2.05) is 25.4 Å². The van der Waals surface area contributed by atoms with Crippen molar-refractivity contribution in [1.29, 1.82) is 0 Å². The molecule has 5 rings (SSSR count). The smallest absolute Gasteiger partial charge is 0.198 e. The van der Waals surface area contributed by atoms with E-state index >= 15 is 0 Å². The minimum atomic E-state index is -0.649. The van der Waals surface area contributed by atoms with Gasteiger partial charge < -0.3 is 24.8 Å². The number of nitrogen functional groups attached to an aromatic ring is 1. The standard InChI is InChI=1S/C22H29N5O3S/c1-27(13-15-6-5-9-24-18(15)23)19-16-14-30-21(12-17(16)25-20(26-19)31-2)7-3-4-8-22(21)28-10-11-29-22/h5-6,9H,3-4,7-8,10-14H2,1-2H3,(H2,23,24). The van der Waals surface area contributed by atoms with E-state index in [1.165, 1.54) is 0 Å². The summed E-state index contributed by atoms with van der Waals surface area (Å²) >= 11 is 1.55. The van der Waals surface area contributed by atoms with E-state index in [1.54, 1.807) is 18.0 Å². The predicted octanol–water partition coefficient (Wildman–Crippen LogP) is 2.94. The molecule has 1 saturated carbocycles. The fourth-order valence-electron chi connectivity index (χ4n) is 5.10. The zero-order valence-electron chi connectivity index (χ0n) is 18.1. The van der Waals surface area contributed by atoms with Gasteiger partial charge in [0.25, 0.3) is 0 Å². The third kappa shape index (κ3) is 3.57. The number of thioether (sulfide) groups is 1. The molecular formula is C22H29N5O3S. The Morgan fingerprint density at radius 3 is 2.74 bits per heavy atom. The Bertz CT molecular complexity index is 968. The van der Waals surface area contributed by atoms with Crippen molar-refractivity contribution in [2.75, 3.05) is 37.2 Å². The molecule has 2 aliphatic heterocycles. The summed E-state index contributed by atoms with van der Waals surface area (Å²) in [6.07, 6.45) is 8.38. The molecule has 0 amide bonds. The van der Waals surface area contributed by atoms with Gasteiger partial charge in [-0.2, -0.15) is 0 Å². The van der Waals surface area contributed by atoms with Crippen LogP contribution in [0.2, 0.25) is 0 Å². The molecule has 1 atom stereocenters. The summed E-state index contributed by atoms with van der Waals surface area (Å²) < 4.78 is 19.0. The second-order valence-corrected chi connectivity index (χ2v) is 9.25. The van der Waals surface area contributed by atoms with Gasteiger partial charge in [0.2, 0.25) is 0 Å². The largest absolute Gasteiger partial charge is 0.383 e. The molecule has 1 saturated heterocycles. The number of fused-ring (bicyclic) bond motifs is 2. The molecule has 166 valence electrons. The number of hydrogen-bond acceptors (Lipinski definition) is 9. The third-order valence-corrected chi connectivity index (χ3v) is 7.21. The van der Waals surface area contributed by atoms with Gasteiger partial charge in [-0.25, -0.2) is 15.0 Å². The van der Waals surface area contributed by atoms with Crippen LogP contribution in [0.5, 0.6) is 0 Å². The van der Waals surface area contributed by atoms with Crippen molar-refractivity contribution in [3.05, 3.63) is 35.2 Å². The maximum Gasteiger partial charge on any atom is 0.198 e. The molecule has 2 fully saturated rings. The lowest BCUT2D eigenvalue weighted by atomic mass is 9.74. The van der Waals surface area contributed by atoms with Gasteiger partial charge in [0.15, 0.2) is 10.9 Å². The lowest BCUT2D eigenvalue weighted by Crippen LogP contribution is -2.61. The van der Waals surface area contributed by atoms with E-state index in [0.717, 1.165) is 53.5 Å². The number of rotatable bonds is 4. The fourth-order valence-corrected chi connectivity index (χ4v) is 5.48. The summed E-state index contributed by atoms with van der Waals surface area (Å²) in [5.41, 5.74) is 8.63. The topological polar surface area (TPSA) is 95.6 Å². The minimum Gasteiger partial charge on any atom is -0.383 e. The molecule has 2 N–H and O–H groups in total. The van der Waals surface area contributed by atoms with Crippen molar-refractivity contribution < 1.29 is 14.2 Å². The summed E-state index contributed by atoms with van der Waals surface area (Å²) in [7, 11) is 2.02. The molecule has 0 bridgehead atoms.